The lowest BCUT2D eigenvalue weighted by atomic mass is 10.1. The van der Waals surface area contributed by atoms with E-state index in [1.165, 1.54) is 11.8 Å². The van der Waals surface area contributed by atoms with Gasteiger partial charge in [0.15, 0.2) is 11.6 Å². The smallest absolute Gasteiger partial charge is 0.260 e. The Morgan fingerprint density at radius 2 is 2.00 bits per heavy atom. The Morgan fingerprint density at radius 1 is 1.20 bits per heavy atom. The summed E-state index contributed by atoms with van der Waals surface area (Å²) >= 11 is 1.42. The molecule has 1 N–H and O–H groups in total. The number of carbonyl (C=O) groups is 1. The second-order valence-electron chi connectivity index (χ2n) is 5.46. The number of carbonyl (C=O) groups excluding carboxylic acids is 1. The molecule has 3 rings (SSSR count). The largest absolute Gasteiger partial charge is 0.461 e. The average Bonchev–Trinajstić information content (AvgIpc) is 3.16. The summed E-state index contributed by atoms with van der Waals surface area (Å²) in [6.07, 6.45) is 4.32. The Morgan fingerprint density at radius 3 is 2.68 bits per heavy atom. The molecule has 0 aliphatic rings. The number of furan rings is 1. The molecule has 6 heteroatoms. The zero-order valence-electron chi connectivity index (χ0n) is 14.4. The topological polar surface area (TPSA) is 68.0 Å². The van der Waals surface area contributed by atoms with Crippen LogP contribution in [-0.4, -0.2) is 22.1 Å². The van der Waals surface area contributed by atoms with Crippen LogP contribution in [0.15, 0.2) is 52.1 Å². The molecule has 0 unspecified atom stereocenters. The van der Waals surface area contributed by atoms with Crippen LogP contribution in [0.3, 0.4) is 0 Å². The van der Waals surface area contributed by atoms with Crippen molar-refractivity contribution in [2.45, 2.75) is 25.3 Å². The molecule has 1 aromatic carbocycles. The molecule has 0 aliphatic heterocycles. The van der Waals surface area contributed by atoms with Gasteiger partial charge in [0.25, 0.3) is 5.91 Å². The minimum absolute atomic E-state index is 0.200. The van der Waals surface area contributed by atoms with E-state index in [9.17, 15) is 4.79 Å². The van der Waals surface area contributed by atoms with Crippen LogP contribution in [0, 0.1) is 6.92 Å². The van der Waals surface area contributed by atoms with Crippen LogP contribution in [0.4, 0.5) is 5.69 Å². The summed E-state index contributed by atoms with van der Waals surface area (Å²) in [4.78, 5) is 21.8. The normalized spacial score (nSPS) is 10.7. The van der Waals surface area contributed by atoms with Gasteiger partial charge in [0.2, 0.25) is 0 Å². The van der Waals surface area contributed by atoms with E-state index in [1.807, 2.05) is 37.4 Å². The highest BCUT2D eigenvalue weighted by Crippen LogP contribution is 2.26. The van der Waals surface area contributed by atoms with E-state index in [0.29, 0.717) is 27.9 Å². The monoisotopic (exact) mass is 353 g/mol. The van der Waals surface area contributed by atoms with Crippen molar-refractivity contribution in [3.05, 3.63) is 59.5 Å². The molecule has 0 atom stereocenters. The number of benzene rings is 1. The van der Waals surface area contributed by atoms with Gasteiger partial charge in [-0.05, 0) is 43.4 Å². The van der Waals surface area contributed by atoms with Crippen LogP contribution in [-0.2, 0) is 6.42 Å². The Labute approximate surface area is 150 Å². The van der Waals surface area contributed by atoms with Gasteiger partial charge in [-0.25, -0.2) is 9.97 Å². The van der Waals surface area contributed by atoms with Crippen LogP contribution < -0.4 is 5.32 Å². The summed E-state index contributed by atoms with van der Waals surface area (Å²) < 4.78 is 5.37. The highest BCUT2D eigenvalue weighted by molar-refractivity contribution is 7.98. The maximum absolute atomic E-state index is 12.9. The maximum Gasteiger partial charge on any atom is 0.260 e. The molecule has 0 spiro atoms. The number of thioether (sulfide) groups is 1. The van der Waals surface area contributed by atoms with Crippen LogP contribution in [0.2, 0.25) is 0 Å². The number of aromatic nitrogens is 2. The van der Waals surface area contributed by atoms with Crippen molar-refractivity contribution in [3.63, 3.8) is 0 Å². The van der Waals surface area contributed by atoms with Gasteiger partial charge in [-0.3, -0.25) is 4.79 Å². The van der Waals surface area contributed by atoms with Crippen molar-refractivity contribution in [3.8, 4) is 11.6 Å². The predicted molar refractivity (Wildman–Crippen MR) is 100 cm³/mol. The van der Waals surface area contributed by atoms with E-state index in [2.05, 4.69) is 22.2 Å². The summed E-state index contributed by atoms with van der Waals surface area (Å²) in [6.45, 7) is 3.87. The molecule has 0 saturated carbocycles. The fourth-order valence-electron chi connectivity index (χ4n) is 2.61. The molecular weight excluding hydrogens is 334 g/mol. The van der Waals surface area contributed by atoms with Gasteiger partial charge in [0.1, 0.15) is 5.03 Å². The summed E-state index contributed by atoms with van der Waals surface area (Å²) in [5.74, 6) is 0.868. The molecule has 0 bridgehead atoms. The average molecular weight is 353 g/mol. The second kappa shape index (κ2) is 7.53. The minimum atomic E-state index is -0.200. The number of para-hydroxylation sites is 1. The van der Waals surface area contributed by atoms with Crippen LogP contribution in [0.5, 0.6) is 0 Å². The van der Waals surface area contributed by atoms with E-state index in [4.69, 9.17) is 4.42 Å². The standard InChI is InChI=1S/C19H19N3O2S/c1-4-13-8-5-6-9-14(13)21-18(23)16-12(2)20-17(22-19(16)25-3)15-10-7-11-24-15/h5-11H,4H2,1-3H3,(H,21,23). The molecule has 3 aromatic rings. The van der Waals surface area contributed by atoms with Crippen molar-refractivity contribution in [2.24, 2.45) is 0 Å². The Balaban J connectivity index is 1.97. The van der Waals surface area contributed by atoms with Crippen molar-refractivity contribution in [1.82, 2.24) is 9.97 Å². The molecule has 0 radical (unpaired) electrons. The van der Waals surface area contributed by atoms with Gasteiger partial charge >= 0.3 is 0 Å². The lowest BCUT2D eigenvalue weighted by Gasteiger charge is -2.13. The molecule has 0 fully saturated rings. The number of hydrogen-bond acceptors (Lipinski definition) is 5. The third-order valence-corrected chi connectivity index (χ3v) is 4.55. The van der Waals surface area contributed by atoms with Crippen molar-refractivity contribution in [1.29, 1.82) is 0 Å². The fraction of sp³-hybridized carbons (Fsp3) is 0.211. The number of hydrogen-bond donors (Lipinski definition) is 1. The first kappa shape index (κ1) is 17.2. The Bertz CT molecular complexity index is 892. The zero-order chi connectivity index (χ0) is 17.8. The van der Waals surface area contributed by atoms with Crippen molar-refractivity contribution >= 4 is 23.4 Å². The summed E-state index contributed by atoms with van der Waals surface area (Å²) in [7, 11) is 0. The summed E-state index contributed by atoms with van der Waals surface area (Å²) in [6, 6.07) is 11.4. The number of aryl methyl sites for hydroxylation is 2. The molecule has 0 saturated heterocycles. The number of rotatable bonds is 5. The number of anilines is 1. The number of nitrogens with one attached hydrogen (secondary N) is 1. The zero-order valence-corrected chi connectivity index (χ0v) is 15.2. The van der Waals surface area contributed by atoms with Gasteiger partial charge in [0.05, 0.1) is 17.5 Å². The van der Waals surface area contributed by atoms with Crippen molar-refractivity contribution in [2.75, 3.05) is 11.6 Å². The summed E-state index contributed by atoms with van der Waals surface area (Å²) in [5, 5.41) is 3.62. The van der Waals surface area contributed by atoms with E-state index >= 15 is 0 Å². The van der Waals surface area contributed by atoms with E-state index in [-0.39, 0.29) is 5.91 Å². The van der Waals surface area contributed by atoms with E-state index in [0.717, 1.165) is 17.7 Å². The number of nitrogens with zero attached hydrogens (tertiary/aromatic N) is 2. The van der Waals surface area contributed by atoms with Crippen LogP contribution in [0.1, 0.15) is 28.5 Å². The molecule has 25 heavy (non-hydrogen) atoms. The molecule has 128 valence electrons. The summed E-state index contributed by atoms with van der Waals surface area (Å²) in [5.41, 5.74) is 3.02. The first-order valence-corrected chi connectivity index (χ1v) is 9.22. The Hall–Kier alpha value is -2.60. The van der Waals surface area contributed by atoms with Crippen molar-refractivity contribution < 1.29 is 9.21 Å². The lowest BCUT2D eigenvalue weighted by molar-refractivity contribution is 0.102. The fourth-order valence-corrected chi connectivity index (χ4v) is 3.23. The molecule has 5 nitrogen and oxygen atoms in total. The lowest BCUT2D eigenvalue weighted by Crippen LogP contribution is -2.17. The molecule has 1 amide bonds. The molecule has 2 aromatic heterocycles. The first-order chi connectivity index (χ1) is 12.1. The van der Waals surface area contributed by atoms with Gasteiger partial charge in [-0.2, -0.15) is 0 Å². The van der Waals surface area contributed by atoms with Gasteiger partial charge < -0.3 is 9.73 Å². The first-order valence-electron chi connectivity index (χ1n) is 7.99. The highest BCUT2D eigenvalue weighted by atomic mass is 32.2. The molecular formula is C19H19N3O2S. The van der Waals surface area contributed by atoms with Crippen LogP contribution >= 0.6 is 11.8 Å². The van der Waals surface area contributed by atoms with E-state index in [1.54, 1.807) is 18.4 Å². The molecule has 2 heterocycles. The van der Waals surface area contributed by atoms with Gasteiger partial charge in [-0.15, -0.1) is 11.8 Å². The maximum atomic E-state index is 12.9. The predicted octanol–water partition coefficient (Wildman–Crippen LogP) is 4.58. The Kier molecular flexibility index (Phi) is 5.19. The second-order valence-corrected chi connectivity index (χ2v) is 6.25. The third kappa shape index (κ3) is 3.58. The quantitative estimate of drug-likeness (QED) is 0.537. The SMILES string of the molecule is CCc1ccccc1NC(=O)c1c(C)nc(-c2ccco2)nc1SC. The van der Waals surface area contributed by atoms with Gasteiger partial charge in [-0.1, -0.05) is 25.1 Å². The van der Waals surface area contributed by atoms with E-state index < -0.39 is 0 Å². The highest BCUT2D eigenvalue weighted by Gasteiger charge is 2.20. The molecule has 0 aliphatic carbocycles. The van der Waals surface area contributed by atoms with Gasteiger partial charge in [0, 0.05) is 5.69 Å². The third-order valence-electron chi connectivity index (χ3n) is 3.87. The minimum Gasteiger partial charge on any atom is -0.461 e. The number of amides is 1. The van der Waals surface area contributed by atoms with Crippen LogP contribution in [0.25, 0.3) is 11.6 Å².